The third kappa shape index (κ3) is 1.13. The quantitative estimate of drug-likeness (QED) is 0.541. The molecule has 2 nitrogen and oxygen atoms in total. The third-order valence-electron chi connectivity index (χ3n) is 1.52. The van der Waals surface area contributed by atoms with Crippen molar-refractivity contribution in [2.24, 2.45) is 0 Å². The highest BCUT2D eigenvalue weighted by Gasteiger charge is 2.11. The number of likely N-dealkylation sites (N-methyl/N-ethyl adjacent to an activating group) is 1. The molecule has 0 saturated heterocycles. The average Bonchev–Trinajstić information content (AvgIpc) is 2.33. The Bertz CT molecular complexity index is 129. The van der Waals surface area contributed by atoms with Crippen molar-refractivity contribution in [2.45, 2.75) is 6.17 Å². The molecule has 0 bridgehead atoms. The molecule has 1 aliphatic heterocycles. The zero-order valence-electron chi connectivity index (χ0n) is 5.67. The first kappa shape index (κ1) is 6.36. The maximum Gasteiger partial charge on any atom is 0.0982 e. The molecule has 1 aliphatic rings. The van der Waals surface area contributed by atoms with E-state index < -0.39 is 0 Å². The van der Waals surface area contributed by atoms with Gasteiger partial charge in [-0.25, -0.2) is 0 Å². The van der Waals surface area contributed by atoms with Crippen LogP contribution in [0.3, 0.4) is 0 Å². The molecule has 2 heteroatoms. The number of hydrogen-bond donors (Lipinski definition) is 1. The lowest BCUT2D eigenvalue weighted by atomic mass is 10.5. The fourth-order valence-corrected chi connectivity index (χ4v) is 0.986. The number of hydrogen-bond acceptors (Lipinski definition) is 2. The first-order chi connectivity index (χ1) is 4.38. The van der Waals surface area contributed by atoms with E-state index in [4.69, 9.17) is 0 Å². The van der Waals surface area contributed by atoms with E-state index in [1.54, 1.807) is 0 Å². The Hall–Kier alpha value is -0.760. The fourth-order valence-electron chi connectivity index (χ4n) is 0.986. The maximum absolute atomic E-state index is 3.69. The summed E-state index contributed by atoms with van der Waals surface area (Å²) in [6, 6.07) is 0. The molecule has 1 N–H and O–H groups in total. The second kappa shape index (κ2) is 2.69. The van der Waals surface area contributed by atoms with E-state index in [1.165, 1.54) is 0 Å². The Labute approximate surface area is 55.9 Å². The summed E-state index contributed by atoms with van der Waals surface area (Å²) in [4.78, 5) is 2.12. The number of nitrogens with one attached hydrogen (secondary N) is 1. The van der Waals surface area contributed by atoms with E-state index in [0.29, 0.717) is 6.17 Å². The highest BCUT2D eigenvalue weighted by atomic mass is 15.2. The van der Waals surface area contributed by atoms with E-state index in [1.807, 2.05) is 13.2 Å². The molecule has 0 radical (unpaired) electrons. The number of rotatable bonds is 2. The molecule has 0 amide bonds. The summed E-state index contributed by atoms with van der Waals surface area (Å²) in [5.74, 6) is 0. The van der Waals surface area contributed by atoms with Gasteiger partial charge in [0.25, 0.3) is 0 Å². The van der Waals surface area contributed by atoms with Crippen LogP contribution in [0.1, 0.15) is 0 Å². The molecular formula is C7H12N2. The van der Waals surface area contributed by atoms with Gasteiger partial charge in [0.05, 0.1) is 6.17 Å². The average molecular weight is 124 g/mol. The van der Waals surface area contributed by atoms with Gasteiger partial charge in [-0.2, -0.15) is 0 Å². The summed E-state index contributed by atoms with van der Waals surface area (Å²) in [5, 5.41) is 3.13. The summed E-state index contributed by atoms with van der Waals surface area (Å²) in [6.45, 7) is 4.67. The molecule has 1 unspecified atom stereocenters. The highest BCUT2D eigenvalue weighted by Crippen LogP contribution is 2.04. The Kier molecular flexibility index (Phi) is 1.90. The minimum Gasteiger partial charge on any atom is -0.356 e. The Morgan fingerprint density at radius 1 is 1.89 bits per heavy atom. The second-order valence-corrected chi connectivity index (χ2v) is 2.04. The van der Waals surface area contributed by atoms with E-state index in [-0.39, 0.29) is 0 Å². The molecule has 1 rings (SSSR count). The third-order valence-corrected chi connectivity index (χ3v) is 1.52. The minimum atomic E-state index is 0.363. The Morgan fingerprint density at radius 2 is 2.67 bits per heavy atom. The predicted molar refractivity (Wildman–Crippen MR) is 38.9 cm³/mol. The molecule has 0 aliphatic carbocycles. The van der Waals surface area contributed by atoms with E-state index >= 15 is 0 Å². The van der Waals surface area contributed by atoms with Crippen molar-refractivity contribution in [2.75, 3.05) is 13.6 Å². The smallest absolute Gasteiger partial charge is 0.0982 e. The molecule has 50 valence electrons. The van der Waals surface area contributed by atoms with Gasteiger partial charge in [-0.05, 0) is 19.3 Å². The molecule has 9 heavy (non-hydrogen) atoms. The lowest BCUT2D eigenvalue weighted by molar-refractivity contribution is 0.340. The van der Waals surface area contributed by atoms with Crippen molar-refractivity contribution in [3.63, 3.8) is 0 Å². The van der Waals surface area contributed by atoms with Crippen LogP contribution in [0.5, 0.6) is 0 Å². The van der Waals surface area contributed by atoms with Gasteiger partial charge in [-0.1, -0.05) is 12.7 Å². The van der Waals surface area contributed by atoms with Crippen molar-refractivity contribution in [1.29, 1.82) is 0 Å². The van der Waals surface area contributed by atoms with Crippen LogP contribution < -0.4 is 5.32 Å². The lowest BCUT2D eigenvalue weighted by Gasteiger charge is -2.20. The lowest BCUT2D eigenvalue weighted by Crippen LogP contribution is -2.35. The van der Waals surface area contributed by atoms with Crippen LogP contribution >= 0.6 is 0 Å². The topological polar surface area (TPSA) is 15.3 Å². The van der Waals surface area contributed by atoms with Gasteiger partial charge in [0, 0.05) is 6.54 Å². The molecule has 0 aromatic heterocycles. The zero-order chi connectivity index (χ0) is 6.69. The van der Waals surface area contributed by atoms with Crippen LogP contribution in [0.15, 0.2) is 24.9 Å². The van der Waals surface area contributed by atoms with Gasteiger partial charge in [0.1, 0.15) is 0 Å². The Morgan fingerprint density at radius 3 is 3.11 bits per heavy atom. The predicted octanol–water partition coefficient (Wildman–Crippen LogP) is 0.547. The van der Waals surface area contributed by atoms with Crippen LogP contribution in [0.4, 0.5) is 0 Å². The molecule has 0 saturated carbocycles. The monoisotopic (exact) mass is 124 g/mol. The zero-order valence-corrected chi connectivity index (χ0v) is 5.67. The van der Waals surface area contributed by atoms with E-state index in [9.17, 15) is 0 Å². The van der Waals surface area contributed by atoms with Crippen LogP contribution in [0.2, 0.25) is 0 Å². The SMILES string of the molecule is C=CN1CC=CC1NC. The van der Waals surface area contributed by atoms with Gasteiger partial charge >= 0.3 is 0 Å². The van der Waals surface area contributed by atoms with Gasteiger partial charge in [-0.15, -0.1) is 0 Å². The van der Waals surface area contributed by atoms with E-state index in [0.717, 1.165) is 6.54 Å². The van der Waals surface area contributed by atoms with Crippen LogP contribution in [0, 0.1) is 0 Å². The van der Waals surface area contributed by atoms with Crippen molar-refractivity contribution in [3.8, 4) is 0 Å². The molecular weight excluding hydrogens is 112 g/mol. The first-order valence-electron chi connectivity index (χ1n) is 3.10. The normalized spacial score (nSPS) is 25.0. The summed E-state index contributed by atoms with van der Waals surface area (Å²) >= 11 is 0. The summed E-state index contributed by atoms with van der Waals surface area (Å²) in [5.41, 5.74) is 0. The van der Waals surface area contributed by atoms with Crippen molar-refractivity contribution in [1.82, 2.24) is 10.2 Å². The molecule has 0 aromatic rings. The summed E-state index contributed by atoms with van der Waals surface area (Å²) in [7, 11) is 1.94. The van der Waals surface area contributed by atoms with Crippen molar-refractivity contribution >= 4 is 0 Å². The van der Waals surface area contributed by atoms with Gasteiger partial charge in [0.15, 0.2) is 0 Å². The van der Waals surface area contributed by atoms with Crippen LogP contribution in [-0.2, 0) is 0 Å². The standard InChI is InChI=1S/C7H12N2/c1-3-9-6-4-5-7(9)8-2/h3-5,7-8H,1,6H2,2H3. The van der Waals surface area contributed by atoms with Crippen LogP contribution in [0.25, 0.3) is 0 Å². The molecule has 0 spiro atoms. The summed E-state index contributed by atoms with van der Waals surface area (Å²) in [6.07, 6.45) is 6.47. The fraction of sp³-hybridized carbons (Fsp3) is 0.429. The van der Waals surface area contributed by atoms with Gasteiger partial charge in [-0.3, -0.25) is 5.32 Å². The van der Waals surface area contributed by atoms with Gasteiger partial charge < -0.3 is 4.90 Å². The minimum absolute atomic E-state index is 0.363. The maximum atomic E-state index is 3.69. The van der Waals surface area contributed by atoms with E-state index in [2.05, 4.69) is 28.9 Å². The van der Waals surface area contributed by atoms with Crippen molar-refractivity contribution in [3.05, 3.63) is 24.9 Å². The highest BCUT2D eigenvalue weighted by molar-refractivity contribution is 5.04. The molecule has 0 fully saturated rings. The van der Waals surface area contributed by atoms with Crippen LogP contribution in [-0.4, -0.2) is 24.7 Å². The first-order valence-corrected chi connectivity index (χ1v) is 3.10. The van der Waals surface area contributed by atoms with Gasteiger partial charge in [0.2, 0.25) is 0 Å². The second-order valence-electron chi connectivity index (χ2n) is 2.04. The largest absolute Gasteiger partial charge is 0.356 e. The van der Waals surface area contributed by atoms with Crippen molar-refractivity contribution < 1.29 is 0 Å². The Balaban J connectivity index is 2.48. The molecule has 1 atom stereocenters. The molecule has 1 heterocycles. The molecule has 0 aromatic carbocycles. The number of nitrogens with zero attached hydrogens (tertiary/aromatic N) is 1. The summed E-state index contributed by atoms with van der Waals surface area (Å²) < 4.78 is 0.